The molecule has 0 spiro atoms. The Morgan fingerprint density at radius 3 is 2.52 bits per heavy atom. The number of nitro benzene ring substituents is 1. The largest absolute Gasteiger partial charge is 0.449 e. The summed E-state index contributed by atoms with van der Waals surface area (Å²) in [5, 5.41) is 13.4. The molecule has 11 heteroatoms. The van der Waals surface area contributed by atoms with Crippen LogP contribution in [-0.2, 0) is 14.3 Å². The van der Waals surface area contributed by atoms with E-state index in [2.05, 4.69) is 5.32 Å². The minimum atomic E-state index is -1.28. The first-order valence-corrected chi connectivity index (χ1v) is 9.99. The molecule has 0 aliphatic carbocycles. The Labute approximate surface area is 188 Å². The summed E-state index contributed by atoms with van der Waals surface area (Å²) in [4.78, 5) is 61.5. The average molecular weight is 455 g/mol. The summed E-state index contributed by atoms with van der Waals surface area (Å²) in [6, 6.07) is 9.50. The number of hydrogen-bond acceptors (Lipinski definition) is 8. The lowest BCUT2D eigenvalue weighted by Gasteiger charge is -2.14. The number of imide groups is 1. The van der Waals surface area contributed by atoms with Crippen molar-refractivity contribution in [2.45, 2.75) is 19.4 Å². The van der Waals surface area contributed by atoms with Crippen molar-refractivity contribution in [3.8, 4) is 0 Å². The molecule has 1 heterocycles. The second-order valence-corrected chi connectivity index (χ2v) is 7.18. The smallest absolute Gasteiger partial charge is 0.338 e. The third kappa shape index (κ3) is 5.04. The number of esters is 1. The molecular formula is C22H21N3O8. The first-order chi connectivity index (χ1) is 15.7. The molecule has 3 amide bonds. The normalized spacial score (nSPS) is 13.5. The van der Waals surface area contributed by atoms with Crippen LogP contribution in [0.4, 0.5) is 11.4 Å². The summed E-state index contributed by atoms with van der Waals surface area (Å²) in [5.74, 6) is -2.64. The number of nitro groups is 1. The molecule has 1 aliphatic rings. The number of hydrogen-bond donors (Lipinski definition) is 1. The van der Waals surface area contributed by atoms with Gasteiger partial charge in [-0.05, 0) is 37.6 Å². The van der Waals surface area contributed by atoms with E-state index in [-0.39, 0.29) is 34.6 Å². The van der Waals surface area contributed by atoms with Crippen molar-refractivity contribution < 1.29 is 33.6 Å². The number of rotatable bonds is 9. The van der Waals surface area contributed by atoms with Crippen molar-refractivity contribution in [1.82, 2.24) is 4.90 Å². The van der Waals surface area contributed by atoms with Crippen molar-refractivity contribution in [3.05, 3.63) is 69.3 Å². The van der Waals surface area contributed by atoms with Crippen LogP contribution in [0.3, 0.4) is 0 Å². The summed E-state index contributed by atoms with van der Waals surface area (Å²) < 4.78 is 10.1. The number of nitrogens with zero attached hydrogens (tertiary/aromatic N) is 2. The molecular weight excluding hydrogens is 434 g/mol. The van der Waals surface area contributed by atoms with E-state index < -0.39 is 34.7 Å². The van der Waals surface area contributed by atoms with Gasteiger partial charge in [0.15, 0.2) is 6.10 Å². The number of ether oxygens (including phenoxy) is 2. The van der Waals surface area contributed by atoms with Crippen LogP contribution < -0.4 is 5.32 Å². The summed E-state index contributed by atoms with van der Waals surface area (Å²) in [7, 11) is 1.52. The minimum Gasteiger partial charge on any atom is -0.449 e. The highest BCUT2D eigenvalue weighted by atomic mass is 16.6. The first kappa shape index (κ1) is 23.5. The van der Waals surface area contributed by atoms with E-state index in [1.807, 2.05) is 0 Å². The molecule has 0 bridgehead atoms. The lowest BCUT2D eigenvalue weighted by molar-refractivity contribution is -0.383. The Kier molecular flexibility index (Phi) is 7.13. The highest BCUT2D eigenvalue weighted by Crippen LogP contribution is 2.25. The molecule has 3 rings (SSSR count). The maximum Gasteiger partial charge on any atom is 0.338 e. The zero-order valence-electron chi connectivity index (χ0n) is 17.9. The van der Waals surface area contributed by atoms with E-state index in [9.17, 15) is 29.3 Å². The number of amides is 3. The molecule has 1 atom stereocenters. The van der Waals surface area contributed by atoms with Gasteiger partial charge >= 0.3 is 5.97 Å². The summed E-state index contributed by atoms with van der Waals surface area (Å²) in [5.41, 5.74) is -0.106. The molecule has 0 saturated carbocycles. The van der Waals surface area contributed by atoms with Crippen molar-refractivity contribution in [2.24, 2.45) is 0 Å². The van der Waals surface area contributed by atoms with Gasteiger partial charge in [0.1, 0.15) is 5.69 Å². The van der Waals surface area contributed by atoms with Gasteiger partial charge < -0.3 is 14.8 Å². The molecule has 33 heavy (non-hydrogen) atoms. The van der Waals surface area contributed by atoms with Gasteiger partial charge in [-0.1, -0.05) is 12.1 Å². The molecule has 2 aromatic carbocycles. The van der Waals surface area contributed by atoms with E-state index in [1.165, 1.54) is 56.5 Å². The molecule has 1 aliphatic heterocycles. The molecule has 0 saturated heterocycles. The Morgan fingerprint density at radius 1 is 1.12 bits per heavy atom. The Morgan fingerprint density at radius 2 is 1.82 bits per heavy atom. The molecule has 0 radical (unpaired) electrons. The van der Waals surface area contributed by atoms with E-state index in [1.54, 1.807) is 0 Å². The number of fused-ring (bicyclic) bond motifs is 1. The van der Waals surface area contributed by atoms with Gasteiger partial charge in [-0.3, -0.25) is 29.4 Å². The zero-order valence-corrected chi connectivity index (χ0v) is 17.9. The molecule has 11 nitrogen and oxygen atoms in total. The second-order valence-electron chi connectivity index (χ2n) is 7.18. The third-order valence-corrected chi connectivity index (χ3v) is 4.95. The number of anilines is 1. The van der Waals surface area contributed by atoms with Crippen molar-refractivity contribution in [3.63, 3.8) is 0 Å². The summed E-state index contributed by atoms with van der Waals surface area (Å²) in [6.45, 7) is 1.88. The molecule has 0 aromatic heterocycles. The van der Waals surface area contributed by atoms with Gasteiger partial charge in [-0.25, -0.2) is 4.79 Å². The molecule has 172 valence electrons. The van der Waals surface area contributed by atoms with Gasteiger partial charge in [0.2, 0.25) is 0 Å². The van der Waals surface area contributed by atoms with Gasteiger partial charge in [0, 0.05) is 26.3 Å². The second kappa shape index (κ2) is 10.0. The SMILES string of the molecule is COCCCN1C(=O)c2ccc(C(=O)OC(C)C(=O)Nc3ccccc3[N+](=O)[O-])cc2C1=O. The molecule has 1 unspecified atom stereocenters. The topological polar surface area (TPSA) is 145 Å². The lowest BCUT2D eigenvalue weighted by atomic mass is 10.1. The fraction of sp³-hybridized carbons (Fsp3) is 0.273. The first-order valence-electron chi connectivity index (χ1n) is 9.99. The monoisotopic (exact) mass is 455 g/mol. The standard InChI is InChI=1S/C22H21N3O8/c1-13(19(26)23-17-6-3-4-7-18(17)25(30)31)33-22(29)14-8-9-15-16(12-14)21(28)24(20(15)27)10-5-11-32-2/h3-4,6-9,12-13H,5,10-11H2,1-2H3,(H,23,26). The quantitative estimate of drug-likeness (QED) is 0.199. The predicted molar refractivity (Wildman–Crippen MR) is 115 cm³/mol. The number of benzene rings is 2. The number of carbonyl (C=O) groups is 4. The van der Waals surface area contributed by atoms with Crippen molar-refractivity contribution >= 4 is 35.1 Å². The number of nitrogens with one attached hydrogen (secondary N) is 1. The fourth-order valence-electron chi connectivity index (χ4n) is 3.24. The number of methoxy groups -OCH3 is 1. The van der Waals surface area contributed by atoms with E-state index in [0.717, 1.165) is 4.90 Å². The predicted octanol–water partition coefficient (Wildman–Crippen LogP) is 2.41. The van der Waals surface area contributed by atoms with Crippen LogP contribution in [0.2, 0.25) is 0 Å². The van der Waals surface area contributed by atoms with Crippen LogP contribution in [0.1, 0.15) is 44.4 Å². The summed E-state index contributed by atoms with van der Waals surface area (Å²) >= 11 is 0. The Balaban J connectivity index is 1.68. The maximum atomic E-state index is 12.6. The van der Waals surface area contributed by atoms with Crippen LogP contribution >= 0.6 is 0 Å². The van der Waals surface area contributed by atoms with Crippen LogP contribution in [0.15, 0.2) is 42.5 Å². The van der Waals surface area contributed by atoms with Crippen molar-refractivity contribution in [2.75, 3.05) is 25.6 Å². The van der Waals surface area contributed by atoms with Crippen LogP contribution in [0, 0.1) is 10.1 Å². The van der Waals surface area contributed by atoms with Gasteiger partial charge in [-0.2, -0.15) is 0 Å². The van der Waals surface area contributed by atoms with E-state index in [4.69, 9.17) is 9.47 Å². The van der Waals surface area contributed by atoms with Gasteiger partial charge in [-0.15, -0.1) is 0 Å². The van der Waals surface area contributed by atoms with Crippen molar-refractivity contribution in [1.29, 1.82) is 0 Å². The third-order valence-electron chi connectivity index (χ3n) is 4.95. The number of para-hydroxylation sites is 2. The van der Waals surface area contributed by atoms with Crippen LogP contribution in [0.5, 0.6) is 0 Å². The molecule has 1 N–H and O–H groups in total. The van der Waals surface area contributed by atoms with Gasteiger partial charge in [0.25, 0.3) is 23.4 Å². The zero-order chi connectivity index (χ0) is 24.1. The molecule has 0 fully saturated rings. The highest BCUT2D eigenvalue weighted by molar-refractivity contribution is 6.22. The Hall–Kier alpha value is -4.12. The average Bonchev–Trinajstić information content (AvgIpc) is 3.03. The summed E-state index contributed by atoms with van der Waals surface area (Å²) in [6.07, 6.45) is -0.809. The fourth-order valence-corrected chi connectivity index (χ4v) is 3.24. The van der Waals surface area contributed by atoms with Gasteiger partial charge in [0.05, 0.1) is 21.6 Å². The number of carbonyl (C=O) groups excluding carboxylic acids is 4. The van der Waals surface area contributed by atoms with E-state index >= 15 is 0 Å². The van der Waals surface area contributed by atoms with E-state index in [0.29, 0.717) is 13.0 Å². The van der Waals surface area contributed by atoms with Crippen LogP contribution in [0.25, 0.3) is 0 Å². The Bertz CT molecular complexity index is 1130. The lowest BCUT2D eigenvalue weighted by Crippen LogP contribution is -2.31. The molecule has 2 aromatic rings. The minimum absolute atomic E-state index is 0.0148. The van der Waals surface area contributed by atoms with Crippen LogP contribution in [-0.4, -0.2) is 59.9 Å². The maximum absolute atomic E-state index is 12.6. The highest BCUT2D eigenvalue weighted by Gasteiger charge is 2.36.